The molecule has 1 aromatic carbocycles. The molecular weight excluding hydrogens is 330 g/mol. The zero-order valence-corrected chi connectivity index (χ0v) is 15.5. The van der Waals surface area contributed by atoms with Crippen LogP contribution in [-0.4, -0.2) is 25.6 Å². The van der Waals surface area contributed by atoms with E-state index in [-0.39, 0.29) is 24.5 Å². The minimum absolute atomic E-state index is 0.0226. The van der Waals surface area contributed by atoms with Crippen LogP contribution < -0.4 is 10.1 Å². The van der Waals surface area contributed by atoms with Gasteiger partial charge in [0.15, 0.2) is 6.61 Å². The van der Waals surface area contributed by atoms with Crippen LogP contribution in [0, 0.1) is 11.8 Å². The first-order valence-electron chi connectivity index (χ1n) is 9.74. The summed E-state index contributed by atoms with van der Waals surface area (Å²) >= 11 is 0. The van der Waals surface area contributed by atoms with Gasteiger partial charge in [-0.3, -0.25) is 9.59 Å². The molecule has 0 radical (unpaired) electrons. The standard InChI is InChI=1S/C21H29NO4/c1-25-18-11-9-17(10-12-18)21(16-7-8-16)22-19(23)14-26-20(24)13-6-15-4-2-3-5-15/h9-12,15-16,21H,2-8,13-14H2,1H3,(H,22,23). The Kier molecular flexibility index (Phi) is 6.53. The third kappa shape index (κ3) is 5.48. The van der Waals surface area contributed by atoms with E-state index in [9.17, 15) is 9.59 Å². The Morgan fingerprint density at radius 2 is 1.81 bits per heavy atom. The van der Waals surface area contributed by atoms with Gasteiger partial charge in [-0.2, -0.15) is 0 Å². The van der Waals surface area contributed by atoms with Crippen molar-refractivity contribution >= 4 is 11.9 Å². The lowest BCUT2D eigenvalue weighted by molar-refractivity contribution is -0.149. The van der Waals surface area contributed by atoms with Gasteiger partial charge in [0.2, 0.25) is 0 Å². The smallest absolute Gasteiger partial charge is 0.306 e. The number of nitrogens with one attached hydrogen (secondary N) is 1. The summed E-state index contributed by atoms with van der Waals surface area (Å²) < 4.78 is 10.4. The van der Waals surface area contributed by atoms with Crippen LogP contribution in [0.3, 0.4) is 0 Å². The first kappa shape index (κ1) is 18.7. The largest absolute Gasteiger partial charge is 0.497 e. The molecule has 1 unspecified atom stereocenters. The average Bonchev–Trinajstić information content (AvgIpc) is 3.37. The van der Waals surface area contributed by atoms with E-state index in [1.54, 1.807) is 7.11 Å². The molecule has 0 bridgehead atoms. The van der Waals surface area contributed by atoms with Gasteiger partial charge in [0.05, 0.1) is 13.2 Å². The summed E-state index contributed by atoms with van der Waals surface area (Å²) in [6.45, 7) is -0.192. The molecule has 2 aliphatic carbocycles. The summed E-state index contributed by atoms with van der Waals surface area (Å²) in [5.74, 6) is 1.42. The van der Waals surface area contributed by atoms with E-state index < -0.39 is 0 Å². The maximum atomic E-state index is 12.2. The number of amides is 1. The molecule has 3 rings (SSSR count). The SMILES string of the molecule is COc1ccc(C(NC(=O)COC(=O)CCC2CCCC2)C2CC2)cc1. The van der Waals surface area contributed by atoms with E-state index in [1.807, 2.05) is 24.3 Å². The molecule has 1 atom stereocenters. The third-order valence-electron chi connectivity index (χ3n) is 5.48. The van der Waals surface area contributed by atoms with Gasteiger partial charge >= 0.3 is 5.97 Å². The average molecular weight is 359 g/mol. The fourth-order valence-electron chi connectivity index (χ4n) is 3.77. The third-order valence-corrected chi connectivity index (χ3v) is 5.48. The Morgan fingerprint density at radius 1 is 1.12 bits per heavy atom. The van der Waals surface area contributed by atoms with Crippen molar-refractivity contribution in [2.24, 2.45) is 11.8 Å². The lowest BCUT2D eigenvalue weighted by Crippen LogP contribution is -2.33. The predicted molar refractivity (Wildman–Crippen MR) is 98.8 cm³/mol. The minimum atomic E-state index is -0.264. The minimum Gasteiger partial charge on any atom is -0.497 e. The van der Waals surface area contributed by atoms with Crippen LogP contribution in [0.15, 0.2) is 24.3 Å². The van der Waals surface area contributed by atoms with Gasteiger partial charge in [0.25, 0.3) is 5.91 Å². The molecular formula is C21H29NO4. The zero-order valence-electron chi connectivity index (χ0n) is 15.5. The van der Waals surface area contributed by atoms with Crippen LogP contribution in [-0.2, 0) is 14.3 Å². The first-order valence-corrected chi connectivity index (χ1v) is 9.74. The highest BCUT2D eigenvalue weighted by Gasteiger charge is 2.33. The van der Waals surface area contributed by atoms with Gasteiger partial charge in [-0.05, 0) is 48.8 Å². The molecule has 5 nitrogen and oxygen atoms in total. The fourth-order valence-corrected chi connectivity index (χ4v) is 3.77. The number of hydrogen-bond donors (Lipinski definition) is 1. The van der Waals surface area contributed by atoms with Crippen molar-refractivity contribution in [3.63, 3.8) is 0 Å². The molecule has 0 heterocycles. The maximum Gasteiger partial charge on any atom is 0.306 e. The molecule has 5 heteroatoms. The van der Waals surface area contributed by atoms with Gasteiger partial charge < -0.3 is 14.8 Å². The fraction of sp³-hybridized carbons (Fsp3) is 0.619. The van der Waals surface area contributed by atoms with E-state index in [0.29, 0.717) is 18.3 Å². The lowest BCUT2D eigenvalue weighted by atomic mass is 10.0. The molecule has 26 heavy (non-hydrogen) atoms. The molecule has 2 saturated carbocycles. The number of esters is 1. The molecule has 0 spiro atoms. The van der Waals surface area contributed by atoms with Crippen LogP contribution in [0.4, 0.5) is 0 Å². The molecule has 142 valence electrons. The highest BCUT2D eigenvalue weighted by atomic mass is 16.5. The highest BCUT2D eigenvalue weighted by molar-refractivity contribution is 5.81. The Hall–Kier alpha value is -2.04. The topological polar surface area (TPSA) is 64.6 Å². The van der Waals surface area contributed by atoms with Gasteiger partial charge in [0, 0.05) is 6.42 Å². The number of carbonyl (C=O) groups is 2. The highest BCUT2D eigenvalue weighted by Crippen LogP contribution is 2.41. The van der Waals surface area contributed by atoms with Gasteiger partial charge in [-0.15, -0.1) is 0 Å². The van der Waals surface area contributed by atoms with Crippen LogP contribution in [0.25, 0.3) is 0 Å². The summed E-state index contributed by atoms with van der Waals surface area (Å²) in [6.07, 6.45) is 8.51. The number of hydrogen-bond acceptors (Lipinski definition) is 4. The van der Waals surface area contributed by atoms with Crippen LogP contribution >= 0.6 is 0 Å². The number of benzene rings is 1. The summed E-state index contributed by atoms with van der Waals surface area (Å²) in [6, 6.07) is 7.75. The normalized spacial score (nSPS) is 18.3. The van der Waals surface area contributed by atoms with Crippen molar-refractivity contribution in [1.29, 1.82) is 0 Å². The maximum absolute atomic E-state index is 12.2. The Bertz CT molecular complexity index is 603. The summed E-state index contributed by atoms with van der Waals surface area (Å²) in [4.78, 5) is 24.1. The van der Waals surface area contributed by atoms with Crippen molar-refractivity contribution in [2.45, 2.75) is 57.4 Å². The van der Waals surface area contributed by atoms with Crippen molar-refractivity contribution in [3.05, 3.63) is 29.8 Å². The van der Waals surface area contributed by atoms with Crippen molar-refractivity contribution in [2.75, 3.05) is 13.7 Å². The quantitative estimate of drug-likeness (QED) is 0.682. The van der Waals surface area contributed by atoms with Gasteiger partial charge in [-0.25, -0.2) is 0 Å². The van der Waals surface area contributed by atoms with Gasteiger partial charge in [-0.1, -0.05) is 37.8 Å². The van der Waals surface area contributed by atoms with Crippen molar-refractivity contribution in [3.8, 4) is 5.75 Å². The molecule has 2 aliphatic rings. The molecule has 0 aromatic heterocycles. The summed E-state index contributed by atoms with van der Waals surface area (Å²) in [7, 11) is 1.64. The van der Waals surface area contributed by atoms with Crippen LogP contribution in [0.5, 0.6) is 5.75 Å². The monoisotopic (exact) mass is 359 g/mol. The van der Waals surface area contributed by atoms with Crippen molar-refractivity contribution < 1.29 is 19.1 Å². The Labute approximate surface area is 155 Å². The number of methoxy groups -OCH3 is 1. The number of carbonyl (C=O) groups excluding carboxylic acids is 2. The molecule has 0 aliphatic heterocycles. The van der Waals surface area contributed by atoms with E-state index in [0.717, 1.165) is 30.6 Å². The molecule has 1 amide bonds. The van der Waals surface area contributed by atoms with E-state index in [1.165, 1.54) is 25.7 Å². The Balaban J connectivity index is 1.43. The predicted octanol–water partition coefficient (Wildman–Crippen LogP) is 3.78. The molecule has 0 saturated heterocycles. The van der Waals surface area contributed by atoms with E-state index in [2.05, 4.69) is 5.32 Å². The molecule has 1 aromatic rings. The van der Waals surface area contributed by atoms with Crippen LogP contribution in [0.1, 0.15) is 63.0 Å². The molecule has 2 fully saturated rings. The molecule has 1 N–H and O–H groups in total. The first-order chi connectivity index (χ1) is 12.7. The van der Waals surface area contributed by atoms with E-state index in [4.69, 9.17) is 9.47 Å². The Morgan fingerprint density at radius 3 is 2.42 bits per heavy atom. The van der Waals surface area contributed by atoms with Crippen LogP contribution in [0.2, 0.25) is 0 Å². The second kappa shape index (κ2) is 9.06. The number of rotatable bonds is 9. The lowest BCUT2D eigenvalue weighted by Gasteiger charge is -2.19. The zero-order chi connectivity index (χ0) is 18.4. The second-order valence-corrected chi connectivity index (χ2v) is 7.51. The summed E-state index contributed by atoms with van der Waals surface area (Å²) in [5.41, 5.74) is 1.06. The number of ether oxygens (including phenoxy) is 2. The van der Waals surface area contributed by atoms with Crippen molar-refractivity contribution in [1.82, 2.24) is 5.32 Å². The summed E-state index contributed by atoms with van der Waals surface area (Å²) in [5, 5.41) is 3.03. The van der Waals surface area contributed by atoms with Gasteiger partial charge in [0.1, 0.15) is 5.75 Å². The van der Waals surface area contributed by atoms with E-state index >= 15 is 0 Å². The second-order valence-electron chi connectivity index (χ2n) is 7.51.